The summed E-state index contributed by atoms with van der Waals surface area (Å²) in [6.45, 7) is 2.13. The lowest BCUT2D eigenvalue weighted by molar-refractivity contribution is -0.121. The highest BCUT2D eigenvalue weighted by atomic mass is 32.2. The van der Waals surface area contributed by atoms with E-state index in [1.807, 2.05) is 12.3 Å². The monoisotopic (exact) mass is 342 g/mol. The molecule has 1 amide bonds. The predicted molar refractivity (Wildman–Crippen MR) is 92.7 cm³/mol. The zero-order valence-corrected chi connectivity index (χ0v) is 14.4. The first-order valence-electron chi connectivity index (χ1n) is 7.43. The van der Waals surface area contributed by atoms with Crippen molar-refractivity contribution in [2.24, 2.45) is 0 Å². The second kappa shape index (κ2) is 8.31. The predicted octanol–water partition coefficient (Wildman–Crippen LogP) is 1.92. The van der Waals surface area contributed by atoms with Gasteiger partial charge in [-0.15, -0.1) is 0 Å². The van der Waals surface area contributed by atoms with Crippen molar-refractivity contribution in [1.29, 1.82) is 5.26 Å². The molecule has 0 aliphatic carbocycles. The SMILES string of the molecule is CSc1nc(C)c(CCC(=O)NCc2cccc(C#N)c2)c(=O)[nH]1. The highest BCUT2D eigenvalue weighted by molar-refractivity contribution is 7.98. The number of benzene rings is 1. The molecular weight excluding hydrogens is 324 g/mol. The molecule has 2 aromatic rings. The molecule has 0 atom stereocenters. The third-order valence-corrected chi connectivity index (χ3v) is 4.12. The lowest BCUT2D eigenvalue weighted by Gasteiger charge is -2.07. The van der Waals surface area contributed by atoms with Crippen LogP contribution in [0.3, 0.4) is 0 Å². The Morgan fingerprint density at radius 2 is 2.25 bits per heavy atom. The van der Waals surface area contributed by atoms with Crippen molar-refractivity contribution < 1.29 is 4.79 Å². The molecule has 124 valence electrons. The van der Waals surface area contributed by atoms with Crippen molar-refractivity contribution in [2.45, 2.75) is 31.5 Å². The van der Waals surface area contributed by atoms with E-state index in [0.717, 1.165) is 5.56 Å². The highest BCUT2D eigenvalue weighted by Gasteiger charge is 2.10. The summed E-state index contributed by atoms with van der Waals surface area (Å²) in [5, 5.41) is 12.2. The molecule has 0 saturated carbocycles. The summed E-state index contributed by atoms with van der Waals surface area (Å²) in [4.78, 5) is 31.0. The van der Waals surface area contributed by atoms with Gasteiger partial charge in [-0.1, -0.05) is 23.9 Å². The molecule has 24 heavy (non-hydrogen) atoms. The van der Waals surface area contributed by atoms with Gasteiger partial charge in [0.1, 0.15) is 0 Å². The first-order chi connectivity index (χ1) is 11.5. The number of hydrogen-bond donors (Lipinski definition) is 2. The van der Waals surface area contributed by atoms with Crippen molar-refractivity contribution in [3.8, 4) is 6.07 Å². The average molecular weight is 342 g/mol. The minimum Gasteiger partial charge on any atom is -0.352 e. The quantitative estimate of drug-likeness (QED) is 0.617. The maximum Gasteiger partial charge on any atom is 0.254 e. The van der Waals surface area contributed by atoms with Gasteiger partial charge in [-0.2, -0.15) is 5.26 Å². The number of carbonyl (C=O) groups is 1. The Labute approximate surface area is 144 Å². The van der Waals surface area contributed by atoms with Crippen molar-refractivity contribution in [3.05, 3.63) is 57.0 Å². The molecule has 7 heteroatoms. The summed E-state index contributed by atoms with van der Waals surface area (Å²) >= 11 is 1.37. The van der Waals surface area contributed by atoms with Gasteiger partial charge in [0.15, 0.2) is 5.16 Å². The van der Waals surface area contributed by atoms with Crippen LogP contribution in [0.1, 0.15) is 28.8 Å². The summed E-state index contributed by atoms with van der Waals surface area (Å²) in [5.41, 5.74) is 2.42. The number of aromatic amines is 1. The van der Waals surface area contributed by atoms with Gasteiger partial charge in [-0.25, -0.2) is 4.98 Å². The standard InChI is InChI=1S/C17H18N4O2S/c1-11-14(16(23)21-17(20-11)24-2)6-7-15(22)19-10-13-5-3-4-12(8-13)9-18/h3-5,8H,6-7,10H2,1-2H3,(H,19,22)(H,20,21,23). The van der Waals surface area contributed by atoms with Crippen molar-refractivity contribution in [2.75, 3.05) is 6.26 Å². The number of nitrogens with zero attached hydrogens (tertiary/aromatic N) is 2. The van der Waals surface area contributed by atoms with Gasteiger partial charge in [-0.3, -0.25) is 9.59 Å². The van der Waals surface area contributed by atoms with E-state index >= 15 is 0 Å². The first kappa shape index (κ1) is 17.8. The Balaban J connectivity index is 1.92. The number of aryl methyl sites for hydroxylation is 1. The van der Waals surface area contributed by atoms with E-state index in [-0.39, 0.29) is 17.9 Å². The molecule has 0 unspecified atom stereocenters. The summed E-state index contributed by atoms with van der Waals surface area (Å²) < 4.78 is 0. The van der Waals surface area contributed by atoms with Gasteiger partial charge >= 0.3 is 0 Å². The lowest BCUT2D eigenvalue weighted by atomic mass is 10.1. The molecule has 0 saturated heterocycles. The molecule has 2 rings (SSSR count). The third-order valence-electron chi connectivity index (χ3n) is 3.54. The molecule has 6 nitrogen and oxygen atoms in total. The fourth-order valence-corrected chi connectivity index (χ4v) is 2.68. The smallest absolute Gasteiger partial charge is 0.254 e. The van der Waals surface area contributed by atoms with Gasteiger partial charge in [0.05, 0.1) is 11.6 Å². The van der Waals surface area contributed by atoms with Crippen molar-refractivity contribution >= 4 is 17.7 Å². The van der Waals surface area contributed by atoms with Gasteiger partial charge in [0.2, 0.25) is 5.91 Å². The van der Waals surface area contributed by atoms with E-state index in [2.05, 4.69) is 21.4 Å². The average Bonchev–Trinajstić information content (AvgIpc) is 2.59. The van der Waals surface area contributed by atoms with E-state index in [1.54, 1.807) is 25.1 Å². The fraction of sp³-hybridized carbons (Fsp3) is 0.294. The summed E-state index contributed by atoms with van der Waals surface area (Å²) in [7, 11) is 0. The molecule has 1 aromatic heterocycles. The van der Waals surface area contributed by atoms with E-state index in [1.165, 1.54) is 11.8 Å². The number of nitrogens with one attached hydrogen (secondary N) is 2. The van der Waals surface area contributed by atoms with E-state index in [4.69, 9.17) is 5.26 Å². The number of carbonyl (C=O) groups excluding carboxylic acids is 1. The second-order valence-electron chi connectivity index (χ2n) is 5.23. The number of nitriles is 1. The first-order valence-corrected chi connectivity index (χ1v) is 8.65. The van der Waals surface area contributed by atoms with Crippen LogP contribution in [0.15, 0.2) is 34.2 Å². The Hall–Kier alpha value is -2.59. The van der Waals surface area contributed by atoms with Gasteiger partial charge < -0.3 is 10.3 Å². The van der Waals surface area contributed by atoms with Crippen LogP contribution in [-0.4, -0.2) is 22.1 Å². The lowest BCUT2D eigenvalue weighted by Crippen LogP contribution is -2.25. The Morgan fingerprint density at radius 1 is 1.46 bits per heavy atom. The zero-order chi connectivity index (χ0) is 17.5. The molecule has 0 bridgehead atoms. The van der Waals surface area contributed by atoms with Crippen LogP contribution in [0, 0.1) is 18.3 Å². The minimum absolute atomic E-state index is 0.148. The number of amides is 1. The second-order valence-corrected chi connectivity index (χ2v) is 6.02. The summed E-state index contributed by atoms with van der Waals surface area (Å²) in [6.07, 6.45) is 2.39. The topological polar surface area (TPSA) is 98.6 Å². The third kappa shape index (κ3) is 4.70. The van der Waals surface area contributed by atoms with Crippen LogP contribution in [0.25, 0.3) is 0 Å². The van der Waals surface area contributed by atoms with Crippen LogP contribution < -0.4 is 10.9 Å². The van der Waals surface area contributed by atoms with Gasteiger partial charge in [0.25, 0.3) is 5.56 Å². The maximum absolute atomic E-state index is 12.0. The summed E-state index contributed by atoms with van der Waals surface area (Å²) in [6, 6.07) is 9.14. The highest BCUT2D eigenvalue weighted by Crippen LogP contribution is 2.09. The number of hydrogen-bond acceptors (Lipinski definition) is 5. The molecule has 0 fully saturated rings. The Morgan fingerprint density at radius 3 is 2.92 bits per heavy atom. The molecule has 2 N–H and O–H groups in total. The number of rotatable bonds is 6. The molecular formula is C17H18N4O2S. The van der Waals surface area contributed by atoms with Crippen LogP contribution in [0.4, 0.5) is 0 Å². The Kier molecular flexibility index (Phi) is 6.15. The molecule has 0 radical (unpaired) electrons. The number of thioether (sulfide) groups is 1. The number of aromatic nitrogens is 2. The van der Waals surface area contributed by atoms with Gasteiger partial charge in [-0.05, 0) is 37.3 Å². The maximum atomic E-state index is 12.0. The van der Waals surface area contributed by atoms with E-state index in [9.17, 15) is 9.59 Å². The van der Waals surface area contributed by atoms with Crippen molar-refractivity contribution in [3.63, 3.8) is 0 Å². The van der Waals surface area contributed by atoms with Crippen LogP contribution in [0.5, 0.6) is 0 Å². The van der Waals surface area contributed by atoms with E-state index < -0.39 is 0 Å². The molecule has 0 aliphatic rings. The van der Waals surface area contributed by atoms with Crippen LogP contribution in [-0.2, 0) is 17.8 Å². The number of H-pyrrole nitrogens is 1. The molecule has 1 heterocycles. The van der Waals surface area contributed by atoms with Crippen LogP contribution >= 0.6 is 11.8 Å². The fourth-order valence-electron chi connectivity index (χ4n) is 2.25. The zero-order valence-electron chi connectivity index (χ0n) is 13.5. The molecule has 1 aromatic carbocycles. The molecule has 0 spiro atoms. The minimum atomic E-state index is -0.193. The molecule has 0 aliphatic heterocycles. The van der Waals surface area contributed by atoms with Gasteiger partial charge in [0, 0.05) is 24.2 Å². The Bertz CT molecular complexity index is 839. The van der Waals surface area contributed by atoms with E-state index in [0.29, 0.717) is 34.9 Å². The van der Waals surface area contributed by atoms with Crippen molar-refractivity contribution in [1.82, 2.24) is 15.3 Å². The van der Waals surface area contributed by atoms with Crippen LogP contribution in [0.2, 0.25) is 0 Å². The summed E-state index contributed by atoms with van der Waals surface area (Å²) in [5.74, 6) is -0.148. The normalized spacial score (nSPS) is 10.2. The largest absolute Gasteiger partial charge is 0.352 e.